The van der Waals surface area contributed by atoms with Gasteiger partial charge in [0.2, 0.25) is 9.84 Å². The first kappa shape index (κ1) is 14.3. The van der Waals surface area contributed by atoms with E-state index in [0.717, 1.165) is 11.6 Å². The summed E-state index contributed by atoms with van der Waals surface area (Å²) < 4.78 is 38.8. The van der Waals surface area contributed by atoms with Gasteiger partial charge in [0.15, 0.2) is 4.91 Å². The van der Waals surface area contributed by atoms with Crippen molar-refractivity contribution in [1.29, 1.82) is 5.26 Å². The molecule has 1 heterocycles. The van der Waals surface area contributed by atoms with E-state index in [0.29, 0.717) is 5.69 Å². The number of benzene rings is 2. The summed E-state index contributed by atoms with van der Waals surface area (Å²) in [5.74, 6) is -0.865. The molecule has 1 aliphatic rings. The maximum absolute atomic E-state index is 14.1. The van der Waals surface area contributed by atoms with Gasteiger partial charge in [0.05, 0.1) is 5.69 Å². The van der Waals surface area contributed by atoms with Crippen molar-refractivity contribution in [2.45, 2.75) is 11.8 Å². The third kappa shape index (κ3) is 2.07. The second-order valence-electron chi connectivity index (χ2n) is 4.91. The minimum atomic E-state index is -4.13. The summed E-state index contributed by atoms with van der Waals surface area (Å²) in [6, 6.07) is 13.0. The minimum Gasteiger partial charge on any atom is -0.314 e. The molecule has 0 aromatic heterocycles. The van der Waals surface area contributed by atoms with Crippen LogP contribution in [0.5, 0.6) is 0 Å². The van der Waals surface area contributed by atoms with Crippen LogP contribution in [0.1, 0.15) is 5.56 Å². The maximum atomic E-state index is 14.1. The zero-order valence-electron chi connectivity index (χ0n) is 11.6. The molecule has 0 saturated heterocycles. The van der Waals surface area contributed by atoms with Crippen LogP contribution in [0.2, 0.25) is 0 Å². The van der Waals surface area contributed by atoms with Gasteiger partial charge in [0.25, 0.3) is 0 Å². The van der Waals surface area contributed by atoms with E-state index < -0.39 is 25.5 Å². The summed E-state index contributed by atoms with van der Waals surface area (Å²) in [7, 11) is -4.13. The number of allylic oxidation sites excluding steroid dienone is 1. The SMILES string of the molecule is Cc1cccc(N2C=C(C#N)S(=O)(=O)c3c(F)cccc32)c1. The van der Waals surface area contributed by atoms with Gasteiger partial charge < -0.3 is 4.90 Å². The number of nitrogens with zero attached hydrogens (tertiary/aromatic N) is 2. The van der Waals surface area contributed by atoms with Crippen LogP contribution in [-0.4, -0.2) is 8.42 Å². The molecule has 0 amide bonds. The Morgan fingerprint density at radius 3 is 2.59 bits per heavy atom. The summed E-state index contributed by atoms with van der Waals surface area (Å²) in [4.78, 5) is 0.576. The standard InChI is InChI=1S/C16H11FN2O2S/c1-11-4-2-5-12(8-11)19-10-13(9-18)22(20,21)16-14(17)6-3-7-15(16)19/h2-8,10H,1H3. The summed E-state index contributed by atoms with van der Waals surface area (Å²) >= 11 is 0. The number of sulfone groups is 1. The summed E-state index contributed by atoms with van der Waals surface area (Å²) in [6.07, 6.45) is 1.23. The van der Waals surface area contributed by atoms with Crippen molar-refractivity contribution < 1.29 is 12.8 Å². The van der Waals surface area contributed by atoms with Gasteiger partial charge in [-0.2, -0.15) is 5.26 Å². The van der Waals surface area contributed by atoms with E-state index in [1.807, 2.05) is 25.1 Å². The maximum Gasteiger partial charge on any atom is 0.223 e. The van der Waals surface area contributed by atoms with Crippen LogP contribution < -0.4 is 4.90 Å². The van der Waals surface area contributed by atoms with Gasteiger partial charge in [-0.3, -0.25) is 0 Å². The molecular formula is C16H11FN2O2S. The number of anilines is 2. The molecule has 0 spiro atoms. The minimum absolute atomic E-state index is 0.199. The Balaban J connectivity index is 2.34. The molecule has 2 aromatic rings. The Morgan fingerprint density at radius 2 is 1.91 bits per heavy atom. The van der Waals surface area contributed by atoms with E-state index in [4.69, 9.17) is 5.26 Å². The second kappa shape index (κ2) is 4.97. The van der Waals surface area contributed by atoms with Crippen LogP contribution in [-0.2, 0) is 9.84 Å². The van der Waals surface area contributed by atoms with Crippen molar-refractivity contribution in [1.82, 2.24) is 0 Å². The van der Waals surface area contributed by atoms with E-state index in [1.165, 1.54) is 23.2 Å². The molecule has 0 atom stereocenters. The third-order valence-electron chi connectivity index (χ3n) is 3.40. The highest BCUT2D eigenvalue weighted by Crippen LogP contribution is 2.40. The van der Waals surface area contributed by atoms with Gasteiger partial charge in [0.1, 0.15) is 16.8 Å². The predicted molar refractivity (Wildman–Crippen MR) is 80.6 cm³/mol. The van der Waals surface area contributed by atoms with E-state index in [1.54, 1.807) is 12.1 Å². The first-order valence-corrected chi connectivity index (χ1v) is 7.95. The molecule has 0 fully saturated rings. The van der Waals surface area contributed by atoms with Crippen molar-refractivity contribution >= 4 is 21.2 Å². The number of aryl methyl sites for hydroxylation is 1. The molecule has 0 unspecified atom stereocenters. The largest absolute Gasteiger partial charge is 0.314 e. The van der Waals surface area contributed by atoms with Gasteiger partial charge in [-0.05, 0) is 36.8 Å². The number of hydrogen-bond donors (Lipinski definition) is 0. The smallest absolute Gasteiger partial charge is 0.223 e. The average molecular weight is 314 g/mol. The first-order chi connectivity index (χ1) is 10.4. The fraction of sp³-hybridized carbons (Fsp3) is 0.0625. The molecule has 110 valence electrons. The lowest BCUT2D eigenvalue weighted by Crippen LogP contribution is -2.22. The van der Waals surface area contributed by atoms with E-state index in [2.05, 4.69) is 0 Å². The quantitative estimate of drug-likeness (QED) is 0.809. The van der Waals surface area contributed by atoms with E-state index >= 15 is 0 Å². The Bertz CT molecular complexity index is 943. The van der Waals surface area contributed by atoms with Crippen LogP contribution in [0.3, 0.4) is 0 Å². The molecule has 1 aliphatic heterocycles. The van der Waals surface area contributed by atoms with E-state index in [9.17, 15) is 12.8 Å². The Labute approximate surface area is 127 Å². The van der Waals surface area contributed by atoms with Crippen LogP contribution in [0.25, 0.3) is 0 Å². The van der Waals surface area contributed by atoms with Crippen LogP contribution >= 0.6 is 0 Å². The number of fused-ring (bicyclic) bond motifs is 1. The normalized spacial score (nSPS) is 15.7. The number of nitriles is 1. The molecule has 0 N–H and O–H groups in total. The lowest BCUT2D eigenvalue weighted by Gasteiger charge is -2.27. The summed E-state index contributed by atoms with van der Waals surface area (Å²) in [5, 5.41) is 9.12. The molecule has 22 heavy (non-hydrogen) atoms. The fourth-order valence-corrected chi connectivity index (χ4v) is 3.75. The molecular weight excluding hydrogens is 303 g/mol. The van der Waals surface area contributed by atoms with Crippen molar-refractivity contribution in [3.8, 4) is 6.07 Å². The average Bonchev–Trinajstić information content (AvgIpc) is 2.47. The Kier molecular flexibility index (Phi) is 3.23. The zero-order chi connectivity index (χ0) is 15.9. The first-order valence-electron chi connectivity index (χ1n) is 6.46. The highest BCUT2D eigenvalue weighted by molar-refractivity contribution is 7.95. The van der Waals surface area contributed by atoms with Gasteiger partial charge >= 0.3 is 0 Å². The second-order valence-corrected chi connectivity index (χ2v) is 6.76. The summed E-state index contributed by atoms with van der Waals surface area (Å²) in [6.45, 7) is 1.89. The van der Waals surface area contributed by atoms with Gasteiger partial charge in [0, 0.05) is 11.9 Å². The van der Waals surface area contributed by atoms with Crippen molar-refractivity contribution in [2.75, 3.05) is 4.90 Å². The number of hydrogen-bond acceptors (Lipinski definition) is 4. The number of rotatable bonds is 1. The highest BCUT2D eigenvalue weighted by atomic mass is 32.2. The molecule has 0 bridgehead atoms. The van der Waals surface area contributed by atoms with E-state index in [-0.39, 0.29) is 5.69 Å². The lowest BCUT2D eigenvalue weighted by molar-refractivity contribution is 0.570. The molecule has 0 saturated carbocycles. The van der Waals surface area contributed by atoms with Crippen molar-refractivity contribution in [3.05, 3.63) is 65.0 Å². The van der Waals surface area contributed by atoms with Crippen LogP contribution in [0.15, 0.2) is 58.5 Å². The molecule has 0 radical (unpaired) electrons. The van der Waals surface area contributed by atoms with Gasteiger partial charge in [-0.25, -0.2) is 12.8 Å². The Hall–Kier alpha value is -2.65. The van der Waals surface area contributed by atoms with Crippen LogP contribution in [0.4, 0.5) is 15.8 Å². The van der Waals surface area contributed by atoms with Crippen LogP contribution in [0, 0.1) is 24.1 Å². The third-order valence-corrected chi connectivity index (χ3v) is 5.12. The number of halogens is 1. The molecule has 0 aliphatic carbocycles. The Morgan fingerprint density at radius 1 is 1.18 bits per heavy atom. The molecule has 3 rings (SSSR count). The lowest BCUT2D eigenvalue weighted by atomic mass is 10.2. The molecule has 4 nitrogen and oxygen atoms in total. The van der Waals surface area contributed by atoms with Gasteiger partial charge in [-0.15, -0.1) is 0 Å². The van der Waals surface area contributed by atoms with Crippen molar-refractivity contribution in [3.63, 3.8) is 0 Å². The molecule has 6 heteroatoms. The van der Waals surface area contributed by atoms with Crippen molar-refractivity contribution in [2.24, 2.45) is 0 Å². The zero-order valence-corrected chi connectivity index (χ0v) is 12.4. The van der Waals surface area contributed by atoms with Gasteiger partial charge in [-0.1, -0.05) is 18.2 Å². The monoisotopic (exact) mass is 314 g/mol. The predicted octanol–water partition coefficient (Wildman–Crippen LogP) is 3.42. The summed E-state index contributed by atoms with van der Waals surface area (Å²) in [5.41, 5.74) is 1.83. The topological polar surface area (TPSA) is 61.2 Å². The molecule has 2 aromatic carbocycles. The highest BCUT2D eigenvalue weighted by Gasteiger charge is 2.34. The fourth-order valence-electron chi connectivity index (χ4n) is 2.40.